The summed E-state index contributed by atoms with van der Waals surface area (Å²) in [4.78, 5) is 59.7. The fraction of sp³-hybridized carbons (Fsp3) is 0.350. The summed E-state index contributed by atoms with van der Waals surface area (Å²) in [6.45, 7) is -0.437. The zero-order chi connectivity index (χ0) is 25.9. The maximum atomic E-state index is 12.7. The summed E-state index contributed by atoms with van der Waals surface area (Å²) in [6.07, 6.45) is -1.28. The molecule has 194 valence electrons. The van der Waals surface area contributed by atoms with Gasteiger partial charge < -0.3 is 20.3 Å². The van der Waals surface area contributed by atoms with Crippen molar-refractivity contribution in [3.63, 3.8) is 0 Å². The van der Waals surface area contributed by atoms with E-state index in [1.807, 2.05) is 0 Å². The Morgan fingerprint density at radius 3 is 2.29 bits per heavy atom. The van der Waals surface area contributed by atoms with Gasteiger partial charge in [-0.3, -0.25) is 28.6 Å². The van der Waals surface area contributed by atoms with Crippen LogP contribution in [0.15, 0.2) is 40.4 Å². The number of thioether (sulfide) groups is 1. The molecule has 0 spiro atoms. The third-order valence-corrected chi connectivity index (χ3v) is 7.41. The van der Waals surface area contributed by atoms with Crippen LogP contribution in [0.2, 0.25) is 0 Å². The standard InChI is InChI=1S/C20H20N2O11S2.3Na.3H/c23-13(7-10-3-1-2-4-12(10)35(30,31)32)21-16-18(27)22-17(20(28)29)11(9-34-19(16)22)8-33-15(26)6-5-14(24)25;;;;;;/h1-4,16,19H,5-9H2,(H,21,23)(H,24,25)(H,28,29)(H,30,31,32);;;;;;/t16-,19-;;;;;;/m1....../s1. The summed E-state index contributed by atoms with van der Waals surface area (Å²) < 4.78 is 37.2. The number of hydrogen-bond acceptors (Lipinski definition) is 9. The molecule has 0 saturated carbocycles. The van der Waals surface area contributed by atoms with E-state index in [1.54, 1.807) is 0 Å². The number of nitrogens with zero attached hydrogens (tertiary/aromatic N) is 1. The van der Waals surface area contributed by atoms with Crippen LogP contribution in [-0.4, -0.2) is 170 Å². The first-order valence-electron chi connectivity index (χ1n) is 10.0. The topological polar surface area (TPSA) is 205 Å². The van der Waals surface area contributed by atoms with Crippen LogP contribution in [0.4, 0.5) is 0 Å². The van der Waals surface area contributed by atoms with Gasteiger partial charge in [0.25, 0.3) is 16.0 Å². The number of hydrogen-bond donors (Lipinski definition) is 4. The van der Waals surface area contributed by atoms with Gasteiger partial charge >= 0.3 is 107 Å². The fourth-order valence-electron chi connectivity index (χ4n) is 3.54. The molecule has 13 nitrogen and oxygen atoms in total. The van der Waals surface area contributed by atoms with E-state index in [0.29, 0.717) is 0 Å². The van der Waals surface area contributed by atoms with Gasteiger partial charge in [0.1, 0.15) is 23.7 Å². The van der Waals surface area contributed by atoms with Crippen molar-refractivity contribution in [1.29, 1.82) is 0 Å². The normalized spacial score (nSPS) is 17.9. The van der Waals surface area contributed by atoms with E-state index in [-0.39, 0.29) is 111 Å². The Bertz CT molecular complexity index is 1240. The number of esters is 1. The molecule has 0 radical (unpaired) electrons. The minimum absolute atomic E-state index is 0. The first-order chi connectivity index (χ1) is 16.4. The van der Waals surface area contributed by atoms with E-state index in [1.165, 1.54) is 18.2 Å². The molecular weight excluding hydrogens is 577 g/mol. The maximum absolute atomic E-state index is 12.7. The monoisotopic (exact) mass is 600 g/mol. The molecule has 0 aromatic heterocycles. The number of nitrogens with one attached hydrogen (secondary N) is 1. The minimum atomic E-state index is -4.57. The Balaban J connectivity index is 0.00000456. The molecule has 4 N–H and O–H groups in total. The first kappa shape index (κ1) is 37.6. The fourth-order valence-corrected chi connectivity index (χ4v) is 5.59. The van der Waals surface area contributed by atoms with Crippen LogP contribution in [0.5, 0.6) is 0 Å². The number of carboxylic acids is 2. The van der Waals surface area contributed by atoms with Crippen LogP contribution in [0, 0.1) is 0 Å². The Kier molecular flexibility index (Phi) is 15.9. The number of benzene rings is 1. The molecule has 1 aromatic rings. The molecule has 2 atom stereocenters. The van der Waals surface area contributed by atoms with Crippen molar-refractivity contribution >= 4 is 140 Å². The Labute approximate surface area is 288 Å². The molecule has 38 heavy (non-hydrogen) atoms. The molecule has 1 aromatic carbocycles. The summed E-state index contributed by atoms with van der Waals surface area (Å²) in [6, 6.07) is 4.24. The molecule has 1 fully saturated rings. The van der Waals surface area contributed by atoms with Gasteiger partial charge in [0.05, 0.1) is 24.2 Å². The molecule has 1 saturated heterocycles. The van der Waals surface area contributed by atoms with Crippen LogP contribution >= 0.6 is 11.8 Å². The van der Waals surface area contributed by atoms with E-state index in [2.05, 4.69) is 5.32 Å². The number of amides is 2. The van der Waals surface area contributed by atoms with Crippen LogP contribution in [-0.2, 0) is 45.2 Å². The average Bonchev–Trinajstić information content (AvgIpc) is 2.78. The quantitative estimate of drug-likeness (QED) is 0.0967. The van der Waals surface area contributed by atoms with Gasteiger partial charge in [0.2, 0.25) is 5.91 Å². The van der Waals surface area contributed by atoms with Gasteiger partial charge in [-0.25, -0.2) is 4.79 Å². The average molecular weight is 601 g/mol. The third-order valence-electron chi connectivity index (χ3n) is 5.12. The number of carbonyl (C=O) groups is 5. The summed E-state index contributed by atoms with van der Waals surface area (Å²) in [5.74, 6) is -4.82. The SMILES string of the molecule is O=C(O)CCC(=O)OCC1=C(C(=O)O)N2C(=O)[C@@H](NC(=O)Cc3ccccc3S(=O)(=O)O)[C@H]2SC1.[NaH].[NaH].[NaH]. The van der Waals surface area contributed by atoms with E-state index in [0.717, 1.165) is 22.7 Å². The van der Waals surface area contributed by atoms with Gasteiger partial charge in [-0.05, 0) is 11.6 Å². The summed E-state index contributed by atoms with van der Waals surface area (Å²) in [5.41, 5.74) is -0.222. The Morgan fingerprint density at radius 2 is 1.71 bits per heavy atom. The van der Waals surface area contributed by atoms with Gasteiger partial charge in [-0.15, -0.1) is 11.8 Å². The van der Waals surface area contributed by atoms with Crippen molar-refractivity contribution in [2.24, 2.45) is 0 Å². The molecular formula is C20H23N2Na3O11S2. The number of carboxylic acid groups (broad SMARTS) is 2. The van der Waals surface area contributed by atoms with Crippen LogP contribution < -0.4 is 5.32 Å². The molecule has 0 aliphatic carbocycles. The van der Waals surface area contributed by atoms with Gasteiger partial charge in [0.15, 0.2) is 0 Å². The summed E-state index contributed by atoms with van der Waals surface area (Å²) in [5, 5.41) is 19.9. The van der Waals surface area contributed by atoms with Crippen LogP contribution in [0.1, 0.15) is 18.4 Å². The predicted octanol–water partition coefficient (Wildman–Crippen LogP) is -2.32. The molecule has 3 rings (SSSR count). The van der Waals surface area contributed by atoms with Crippen molar-refractivity contribution in [2.75, 3.05) is 12.4 Å². The van der Waals surface area contributed by atoms with Crippen molar-refractivity contribution < 1.29 is 51.9 Å². The molecule has 2 aliphatic heterocycles. The zero-order valence-corrected chi connectivity index (χ0v) is 19.5. The second kappa shape index (κ2) is 16.1. The van der Waals surface area contributed by atoms with Crippen molar-refractivity contribution in [3.05, 3.63) is 41.1 Å². The molecule has 2 heterocycles. The predicted molar refractivity (Wildman–Crippen MR) is 139 cm³/mol. The van der Waals surface area contributed by atoms with Gasteiger partial charge in [-0.1, -0.05) is 18.2 Å². The Morgan fingerprint density at radius 1 is 1.08 bits per heavy atom. The van der Waals surface area contributed by atoms with E-state index in [9.17, 15) is 42.0 Å². The molecule has 2 amide bonds. The van der Waals surface area contributed by atoms with Crippen molar-refractivity contribution in [3.8, 4) is 0 Å². The van der Waals surface area contributed by atoms with Crippen molar-refractivity contribution in [2.45, 2.75) is 35.6 Å². The Hall–Kier alpha value is -0.430. The third kappa shape index (κ3) is 9.31. The van der Waals surface area contributed by atoms with Gasteiger partial charge in [0, 0.05) is 11.3 Å². The molecule has 2 aliphatic rings. The number of β-lactam (4-membered cyclic amide) rings is 1. The second-order valence-corrected chi connectivity index (χ2v) is 10.0. The molecule has 0 bridgehead atoms. The van der Waals surface area contributed by atoms with E-state index in [4.69, 9.17) is 9.84 Å². The van der Waals surface area contributed by atoms with E-state index < -0.39 is 82.0 Å². The summed E-state index contributed by atoms with van der Waals surface area (Å²) >= 11 is 1.13. The number of aliphatic carboxylic acids is 2. The van der Waals surface area contributed by atoms with E-state index >= 15 is 0 Å². The number of rotatable bonds is 10. The number of ether oxygens (including phenoxy) is 1. The van der Waals surface area contributed by atoms with Crippen molar-refractivity contribution in [1.82, 2.24) is 10.2 Å². The van der Waals surface area contributed by atoms with Crippen LogP contribution in [0.3, 0.4) is 0 Å². The number of carbonyl (C=O) groups excluding carboxylic acids is 3. The van der Waals surface area contributed by atoms with Crippen LogP contribution in [0.25, 0.3) is 0 Å². The zero-order valence-electron chi connectivity index (χ0n) is 17.9. The second-order valence-electron chi connectivity index (χ2n) is 7.53. The summed E-state index contributed by atoms with van der Waals surface area (Å²) in [7, 11) is -4.57. The molecule has 0 unspecified atom stereocenters. The first-order valence-corrected chi connectivity index (χ1v) is 12.5. The number of fused-ring (bicyclic) bond motifs is 1. The van der Waals surface area contributed by atoms with Gasteiger partial charge in [-0.2, -0.15) is 8.42 Å². The molecule has 18 heteroatoms.